The minimum atomic E-state index is -0.510. The van der Waals surface area contributed by atoms with E-state index in [9.17, 15) is 9.59 Å². The van der Waals surface area contributed by atoms with E-state index in [1.807, 2.05) is 58.9 Å². The predicted molar refractivity (Wildman–Crippen MR) is 85.6 cm³/mol. The van der Waals surface area contributed by atoms with Crippen LogP contribution in [0.15, 0.2) is 24.3 Å². The lowest BCUT2D eigenvalue weighted by Gasteiger charge is -2.30. The lowest BCUT2D eigenvalue weighted by Crippen LogP contribution is -2.44. The molecule has 0 spiro atoms. The van der Waals surface area contributed by atoms with Gasteiger partial charge in [-0.25, -0.2) is 9.69 Å². The summed E-state index contributed by atoms with van der Waals surface area (Å²) in [4.78, 5) is 25.9. The van der Waals surface area contributed by atoms with Crippen molar-refractivity contribution in [1.29, 1.82) is 0 Å². The van der Waals surface area contributed by atoms with E-state index < -0.39 is 6.09 Å². The van der Waals surface area contributed by atoms with Crippen LogP contribution in [0.2, 0.25) is 0 Å². The summed E-state index contributed by atoms with van der Waals surface area (Å²) in [6.45, 7) is 10.4. The molecular weight excluding hydrogens is 278 g/mol. The molecule has 0 bridgehead atoms. The molecule has 0 N–H and O–H groups in total. The first-order valence-electron chi connectivity index (χ1n) is 7.79. The molecule has 0 unspecified atom stereocenters. The van der Waals surface area contributed by atoms with E-state index in [2.05, 4.69) is 0 Å². The summed E-state index contributed by atoms with van der Waals surface area (Å²) in [6, 6.07) is 7.90. The highest BCUT2D eigenvalue weighted by Gasteiger charge is 2.41. The molecule has 1 aromatic rings. The maximum absolute atomic E-state index is 12.7. The third kappa shape index (κ3) is 3.16. The lowest BCUT2D eigenvalue weighted by molar-refractivity contribution is -0.130. The molecule has 4 heteroatoms. The Balaban J connectivity index is 2.20. The highest BCUT2D eigenvalue weighted by Crippen LogP contribution is 2.32. The van der Waals surface area contributed by atoms with Crippen molar-refractivity contribution in [2.75, 3.05) is 6.61 Å². The van der Waals surface area contributed by atoms with Crippen LogP contribution in [0.25, 0.3) is 0 Å². The Bertz CT molecular complexity index is 577. The third-order valence-corrected chi connectivity index (χ3v) is 4.41. The second kappa shape index (κ2) is 6.11. The van der Waals surface area contributed by atoms with Crippen molar-refractivity contribution in [3.63, 3.8) is 0 Å². The van der Waals surface area contributed by atoms with E-state index in [1.165, 1.54) is 4.90 Å². The van der Waals surface area contributed by atoms with E-state index in [1.54, 1.807) is 0 Å². The van der Waals surface area contributed by atoms with Crippen LogP contribution >= 0.6 is 0 Å². The van der Waals surface area contributed by atoms with Gasteiger partial charge in [-0.05, 0) is 29.4 Å². The zero-order chi connectivity index (χ0) is 16.5. The number of carbonyl (C=O) groups excluding carboxylic acids is 2. The molecule has 0 saturated carbocycles. The van der Waals surface area contributed by atoms with Gasteiger partial charge in [-0.3, -0.25) is 4.79 Å². The van der Waals surface area contributed by atoms with Crippen molar-refractivity contribution in [3.05, 3.63) is 35.4 Å². The van der Waals surface area contributed by atoms with E-state index in [0.717, 1.165) is 11.1 Å². The van der Waals surface area contributed by atoms with Gasteiger partial charge in [-0.1, -0.05) is 52.0 Å². The summed E-state index contributed by atoms with van der Waals surface area (Å²) in [5.41, 5.74) is 1.97. The summed E-state index contributed by atoms with van der Waals surface area (Å²) in [6.07, 6.45) is -0.222. The first-order valence-corrected chi connectivity index (χ1v) is 7.79. The molecule has 120 valence electrons. The molecule has 0 aliphatic carbocycles. The van der Waals surface area contributed by atoms with Gasteiger partial charge >= 0.3 is 6.09 Å². The average molecular weight is 303 g/mol. The van der Waals surface area contributed by atoms with E-state index in [0.29, 0.717) is 6.61 Å². The minimum Gasteiger partial charge on any atom is -0.447 e. The molecule has 0 aromatic heterocycles. The SMILES string of the molecule is Cc1ccccc1C(C)(C)CC(=O)N1C(=O)OC[C@@H]1C(C)C. The van der Waals surface area contributed by atoms with Crippen molar-refractivity contribution in [2.24, 2.45) is 5.92 Å². The maximum atomic E-state index is 12.7. The number of nitrogens with zero attached hydrogens (tertiary/aromatic N) is 1. The topological polar surface area (TPSA) is 46.6 Å². The van der Waals surface area contributed by atoms with E-state index in [-0.39, 0.29) is 29.7 Å². The van der Waals surface area contributed by atoms with Gasteiger partial charge in [0.25, 0.3) is 0 Å². The van der Waals surface area contributed by atoms with Crippen LogP contribution < -0.4 is 0 Å². The molecule has 1 saturated heterocycles. The summed E-state index contributed by atoms with van der Waals surface area (Å²) >= 11 is 0. The van der Waals surface area contributed by atoms with Crippen molar-refractivity contribution in [3.8, 4) is 0 Å². The maximum Gasteiger partial charge on any atom is 0.416 e. The molecule has 2 amide bonds. The van der Waals surface area contributed by atoms with Gasteiger partial charge in [0.2, 0.25) is 5.91 Å². The van der Waals surface area contributed by atoms with Crippen LogP contribution in [0.4, 0.5) is 4.79 Å². The number of benzene rings is 1. The summed E-state index contributed by atoms with van der Waals surface area (Å²) in [5, 5.41) is 0. The standard InChI is InChI=1S/C18H25NO3/c1-12(2)15-11-22-17(21)19(15)16(20)10-18(4,5)14-9-7-6-8-13(14)3/h6-9,12,15H,10-11H2,1-5H3/t15-/m1/s1. The Labute approximate surface area is 132 Å². The zero-order valence-corrected chi connectivity index (χ0v) is 14.1. The number of ether oxygens (including phenoxy) is 1. The number of carbonyl (C=O) groups is 2. The Morgan fingerprint density at radius 2 is 2.00 bits per heavy atom. The largest absolute Gasteiger partial charge is 0.447 e. The summed E-state index contributed by atoms with van der Waals surface area (Å²) in [7, 11) is 0. The van der Waals surface area contributed by atoms with Crippen LogP contribution in [0.5, 0.6) is 0 Å². The number of amides is 2. The van der Waals surface area contributed by atoms with Gasteiger partial charge in [0.05, 0.1) is 6.04 Å². The van der Waals surface area contributed by atoms with Gasteiger partial charge in [-0.15, -0.1) is 0 Å². The predicted octanol–water partition coefficient (Wildman–Crippen LogP) is 3.67. The molecule has 4 nitrogen and oxygen atoms in total. The molecule has 1 aromatic carbocycles. The lowest BCUT2D eigenvalue weighted by atomic mass is 9.79. The average Bonchev–Trinajstić information content (AvgIpc) is 2.80. The number of cyclic esters (lactones) is 1. The number of imide groups is 1. The molecule has 1 heterocycles. The Kier molecular flexibility index (Phi) is 4.59. The van der Waals surface area contributed by atoms with Gasteiger partial charge in [0, 0.05) is 6.42 Å². The van der Waals surface area contributed by atoms with Crippen LogP contribution in [0.3, 0.4) is 0 Å². The van der Waals surface area contributed by atoms with E-state index >= 15 is 0 Å². The number of hydrogen-bond donors (Lipinski definition) is 0. The Morgan fingerprint density at radius 1 is 1.36 bits per heavy atom. The molecule has 1 aliphatic rings. The molecule has 1 fully saturated rings. The second-order valence-corrected chi connectivity index (χ2v) is 7.03. The van der Waals surface area contributed by atoms with Crippen LogP contribution in [0.1, 0.15) is 45.2 Å². The van der Waals surface area contributed by atoms with Crippen molar-refractivity contribution in [2.45, 2.75) is 52.5 Å². The van der Waals surface area contributed by atoms with Gasteiger partial charge in [0.15, 0.2) is 0 Å². The highest BCUT2D eigenvalue weighted by atomic mass is 16.6. The summed E-state index contributed by atoms with van der Waals surface area (Å²) < 4.78 is 5.07. The third-order valence-electron chi connectivity index (χ3n) is 4.41. The normalized spacial score (nSPS) is 18.7. The molecule has 22 heavy (non-hydrogen) atoms. The molecule has 1 atom stereocenters. The highest BCUT2D eigenvalue weighted by molar-refractivity contribution is 5.94. The first-order chi connectivity index (χ1) is 10.2. The van der Waals surface area contributed by atoms with Gasteiger partial charge in [-0.2, -0.15) is 0 Å². The number of rotatable bonds is 4. The van der Waals surface area contributed by atoms with Gasteiger partial charge < -0.3 is 4.74 Å². The smallest absolute Gasteiger partial charge is 0.416 e. The van der Waals surface area contributed by atoms with Crippen molar-refractivity contribution >= 4 is 12.0 Å². The van der Waals surface area contributed by atoms with Crippen LogP contribution in [0, 0.1) is 12.8 Å². The van der Waals surface area contributed by atoms with Gasteiger partial charge in [0.1, 0.15) is 6.61 Å². The fourth-order valence-corrected chi connectivity index (χ4v) is 3.10. The second-order valence-electron chi connectivity index (χ2n) is 7.03. The van der Waals surface area contributed by atoms with E-state index in [4.69, 9.17) is 4.74 Å². The molecule has 1 aliphatic heterocycles. The van der Waals surface area contributed by atoms with Crippen molar-refractivity contribution < 1.29 is 14.3 Å². The number of hydrogen-bond acceptors (Lipinski definition) is 3. The van der Waals surface area contributed by atoms with Crippen LogP contribution in [-0.2, 0) is 14.9 Å². The van der Waals surface area contributed by atoms with Crippen molar-refractivity contribution in [1.82, 2.24) is 4.90 Å². The molecule has 0 radical (unpaired) electrons. The quantitative estimate of drug-likeness (QED) is 0.852. The Hall–Kier alpha value is -1.84. The van der Waals surface area contributed by atoms with Crippen LogP contribution in [-0.4, -0.2) is 29.5 Å². The fourth-order valence-electron chi connectivity index (χ4n) is 3.10. The Morgan fingerprint density at radius 3 is 2.59 bits per heavy atom. The fraction of sp³-hybridized carbons (Fsp3) is 0.556. The summed E-state index contributed by atoms with van der Waals surface area (Å²) in [5.74, 6) is 0.0337. The zero-order valence-electron chi connectivity index (χ0n) is 14.1. The monoisotopic (exact) mass is 303 g/mol. The minimum absolute atomic E-state index is 0.158. The number of aryl methyl sites for hydroxylation is 1. The first kappa shape index (κ1) is 16.5. The molecule has 2 rings (SSSR count). The molecular formula is C18H25NO3.